The molecule has 0 aliphatic heterocycles. The Morgan fingerprint density at radius 1 is 1.31 bits per heavy atom. The summed E-state index contributed by atoms with van der Waals surface area (Å²) in [5, 5.41) is 10.1. The molecule has 0 spiro atoms. The molecule has 0 saturated heterocycles. The third-order valence-corrected chi connectivity index (χ3v) is 4.10. The zero-order valence-electron chi connectivity index (χ0n) is 8.76. The van der Waals surface area contributed by atoms with E-state index in [0.29, 0.717) is 0 Å². The Kier molecular flexibility index (Phi) is 2.64. The number of hydrogen-bond acceptors (Lipinski definition) is 1. The highest BCUT2D eigenvalue weighted by Crippen LogP contribution is 2.43. The summed E-state index contributed by atoms with van der Waals surface area (Å²) in [5.74, 6) is 0.972. The standard InChI is InChI=1S/C12H22O/c1-12(8-2-3-9-12)11(13)7-6-10-4-5-10/h10-11,13H,2-9H2,1H3. The highest BCUT2D eigenvalue weighted by atomic mass is 16.3. The van der Waals surface area contributed by atoms with Crippen LogP contribution in [0.5, 0.6) is 0 Å². The molecule has 1 unspecified atom stereocenters. The van der Waals surface area contributed by atoms with E-state index in [1.54, 1.807) is 0 Å². The molecule has 2 aliphatic rings. The summed E-state index contributed by atoms with van der Waals surface area (Å²) in [7, 11) is 0. The van der Waals surface area contributed by atoms with Crippen molar-refractivity contribution in [1.29, 1.82) is 0 Å². The van der Waals surface area contributed by atoms with E-state index in [1.807, 2.05) is 0 Å². The van der Waals surface area contributed by atoms with Crippen molar-refractivity contribution in [3.8, 4) is 0 Å². The summed E-state index contributed by atoms with van der Waals surface area (Å²) in [6.07, 6.45) is 10.3. The predicted molar refractivity (Wildman–Crippen MR) is 54.5 cm³/mol. The van der Waals surface area contributed by atoms with Gasteiger partial charge in [-0.1, -0.05) is 32.6 Å². The monoisotopic (exact) mass is 182 g/mol. The summed E-state index contributed by atoms with van der Waals surface area (Å²) in [4.78, 5) is 0. The van der Waals surface area contributed by atoms with Crippen molar-refractivity contribution in [2.75, 3.05) is 0 Å². The molecule has 0 amide bonds. The number of rotatable bonds is 4. The second-order valence-electron chi connectivity index (χ2n) is 5.40. The van der Waals surface area contributed by atoms with Crippen LogP contribution in [-0.2, 0) is 0 Å². The lowest BCUT2D eigenvalue weighted by Gasteiger charge is -2.30. The van der Waals surface area contributed by atoms with E-state index in [0.717, 1.165) is 12.3 Å². The van der Waals surface area contributed by atoms with Crippen LogP contribution in [0, 0.1) is 11.3 Å². The number of aliphatic hydroxyl groups excluding tert-OH is 1. The Hall–Kier alpha value is -0.0400. The van der Waals surface area contributed by atoms with E-state index in [2.05, 4.69) is 6.92 Å². The molecular formula is C12H22O. The number of aliphatic hydroxyl groups is 1. The van der Waals surface area contributed by atoms with Crippen LogP contribution in [0.3, 0.4) is 0 Å². The maximum Gasteiger partial charge on any atom is 0.0593 e. The van der Waals surface area contributed by atoms with Crippen molar-refractivity contribution < 1.29 is 5.11 Å². The van der Waals surface area contributed by atoms with E-state index in [4.69, 9.17) is 0 Å². The van der Waals surface area contributed by atoms with Crippen LogP contribution in [0.25, 0.3) is 0 Å². The molecule has 0 aromatic rings. The van der Waals surface area contributed by atoms with Gasteiger partial charge in [-0.2, -0.15) is 0 Å². The zero-order valence-corrected chi connectivity index (χ0v) is 8.76. The fourth-order valence-electron chi connectivity index (χ4n) is 2.66. The highest BCUT2D eigenvalue weighted by Gasteiger charge is 2.36. The Balaban J connectivity index is 1.76. The summed E-state index contributed by atoms with van der Waals surface area (Å²) in [6, 6.07) is 0. The fraction of sp³-hybridized carbons (Fsp3) is 1.00. The minimum absolute atomic E-state index is 0.0180. The first-order valence-electron chi connectivity index (χ1n) is 5.89. The molecule has 2 aliphatic carbocycles. The van der Waals surface area contributed by atoms with Crippen molar-refractivity contribution in [3.63, 3.8) is 0 Å². The highest BCUT2D eigenvalue weighted by molar-refractivity contribution is 4.88. The van der Waals surface area contributed by atoms with Gasteiger partial charge in [-0.3, -0.25) is 0 Å². The van der Waals surface area contributed by atoms with Crippen LogP contribution >= 0.6 is 0 Å². The molecule has 13 heavy (non-hydrogen) atoms. The van der Waals surface area contributed by atoms with Crippen LogP contribution in [0.15, 0.2) is 0 Å². The second-order valence-corrected chi connectivity index (χ2v) is 5.40. The quantitative estimate of drug-likeness (QED) is 0.708. The maximum atomic E-state index is 10.1. The normalized spacial score (nSPS) is 29.1. The molecule has 2 rings (SSSR count). The third kappa shape index (κ3) is 2.25. The molecule has 1 atom stereocenters. The lowest BCUT2D eigenvalue weighted by atomic mass is 9.80. The van der Waals surface area contributed by atoms with Gasteiger partial charge in [0.05, 0.1) is 6.10 Å². The van der Waals surface area contributed by atoms with Crippen LogP contribution in [-0.4, -0.2) is 11.2 Å². The van der Waals surface area contributed by atoms with Gasteiger partial charge in [0.1, 0.15) is 0 Å². The smallest absolute Gasteiger partial charge is 0.0593 e. The van der Waals surface area contributed by atoms with E-state index < -0.39 is 0 Å². The van der Waals surface area contributed by atoms with Gasteiger partial charge in [-0.25, -0.2) is 0 Å². The molecule has 76 valence electrons. The summed E-state index contributed by atoms with van der Waals surface area (Å²) in [5.41, 5.74) is 0.273. The molecule has 0 bridgehead atoms. The largest absolute Gasteiger partial charge is 0.393 e. The SMILES string of the molecule is CC1(C(O)CCC2CC2)CCCC1. The zero-order chi connectivity index (χ0) is 9.31. The summed E-state index contributed by atoms with van der Waals surface area (Å²) in [6.45, 7) is 2.28. The van der Waals surface area contributed by atoms with Crippen LogP contribution in [0.4, 0.5) is 0 Å². The van der Waals surface area contributed by atoms with Gasteiger partial charge in [0.15, 0.2) is 0 Å². The van der Waals surface area contributed by atoms with Crippen molar-refractivity contribution in [3.05, 3.63) is 0 Å². The van der Waals surface area contributed by atoms with Gasteiger partial charge in [0.25, 0.3) is 0 Å². The molecule has 2 fully saturated rings. The minimum Gasteiger partial charge on any atom is -0.393 e. The Morgan fingerprint density at radius 2 is 1.92 bits per heavy atom. The van der Waals surface area contributed by atoms with Gasteiger partial charge in [-0.15, -0.1) is 0 Å². The van der Waals surface area contributed by atoms with Gasteiger partial charge >= 0.3 is 0 Å². The minimum atomic E-state index is -0.0180. The third-order valence-electron chi connectivity index (χ3n) is 4.10. The summed E-state index contributed by atoms with van der Waals surface area (Å²) < 4.78 is 0. The average Bonchev–Trinajstić information content (AvgIpc) is 2.84. The molecule has 1 N–H and O–H groups in total. The van der Waals surface area contributed by atoms with Crippen LogP contribution < -0.4 is 0 Å². The lowest BCUT2D eigenvalue weighted by Crippen LogP contribution is -2.29. The van der Waals surface area contributed by atoms with Crippen LogP contribution in [0.2, 0.25) is 0 Å². The second kappa shape index (κ2) is 3.61. The molecule has 1 heteroatoms. The van der Waals surface area contributed by atoms with Crippen molar-refractivity contribution in [1.82, 2.24) is 0 Å². The van der Waals surface area contributed by atoms with Gasteiger partial charge in [0.2, 0.25) is 0 Å². The van der Waals surface area contributed by atoms with Gasteiger partial charge in [0, 0.05) is 0 Å². The van der Waals surface area contributed by atoms with E-state index in [-0.39, 0.29) is 11.5 Å². The molecule has 0 aromatic carbocycles. The molecule has 2 saturated carbocycles. The predicted octanol–water partition coefficient (Wildman–Crippen LogP) is 3.12. The van der Waals surface area contributed by atoms with Crippen molar-refractivity contribution >= 4 is 0 Å². The first-order valence-corrected chi connectivity index (χ1v) is 5.89. The lowest BCUT2D eigenvalue weighted by molar-refractivity contribution is 0.0324. The maximum absolute atomic E-state index is 10.1. The van der Waals surface area contributed by atoms with E-state index in [1.165, 1.54) is 44.9 Å². The molecular weight excluding hydrogens is 160 g/mol. The fourth-order valence-corrected chi connectivity index (χ4v) is 2.66. The first kappa shape index (κ1) is 9.51. The van der Waals surface area contributed by atoms with Gasteiger partial charge in [-0.05, 0) is 37.0 Å². The average molecular weight is 182 g/mol. The van der Waals surface area contributed by atoms with Crippen molar-refractivity contribution in [2.24, 2.45) is 11.3 Å². The molecule has 0 heterocycles. The molecule has 1 nitrogen and oxygen atoms in total. The van der Waals surface area contributed by atoms with E-state index in [9.17, 15) is 5.11 Å². The summed E-state index contributed by atoms with van der Waals surface area (Å²) >= 11 is 0. The van der Waals surface area contributed by atoms with E-state index >= 15 is 0 Å². The topological polar surface area (TPSA) is 20.2 Å². The molecule has 0 radical (unpaired) electrons. The van der Waals surface area contributed by atoms with Gasteiger partial charge < -0.3 is 5.11 Å². The Morgan fingerprint density at radius 3 is 2.46 bits per heavy atom. The van der Waals surface area contributed by atoms with Crippen molar-refractivity contribution in [2.45, 2.75) is 64.4 Å². The Bertz CT molecular complexity index is 166. The molecule has 0 aromatic heterocycles. The first-order chi connectivity index (χ1) is 6.21. The number of hydrogen-bond donors (Lipinski definition) is 1. The van der Waals surface area contributed by atoms with Crippen LogP contribution in [0.1, 0.15) is 58.3 Å². The Labute approximate surface area is 81.5 Å².